The van der Waals surface area contributed by atoms with Gasteiger partial charge >= 0.3 is 0 Å². The highest BCUT2D eigenvalue weighted by Crippen LogP contribution is 2.14. The van der Waals surface area contributed by atoms with E-state index in [1.54, 1.807) is 12.1 Å². The molecule has 1 atom stereocenters. The second-order valence-corrected chi connectivity index (χ2v) is 3.63. The highest BCUT2D eigenvalue weighted by atomic mass is 19.1. The van der Waals surface area contributed by atoms with Gasteiger partial charge in [0.1, 0.15) is 11.9 Å². The average Bonchev–Trinajstić information content (AvgIpc) is 2.68. The van der Waals surface area contributed by atoms with Gasteiger partial charge in [-0.25, -0.2) is 4.39 Å². The maximum absolute atomic E-state index is 13.2. The average molecular weight is 222 g/mol. The molecule has 4 nitrogen and oxygen atoms in total. The van der Waals surface area contributed by atoms with Gasteiger partial charge in [0.05, 0.1) is 5.69 Å². The van der Waals surface area contributed by atoms with E-state index in [2.05, 4.69) is 10.6 Å². The van der Waals surface area contributed by atoms with Gasteiger partial charge < -0.3 is 10.6 Å². The van der Waals surface area contributed by atoms with Crippen molar-refractivity contribution in [1.29, 1.82) is 0 Å². The molecule has 0 aromatic heterocycles. The third kappa shape index (κ3) is 2.18. The highest BCUT2D eigenvalue weighted by molar-refractivity contribution is 5.99. The van der Waals surface area contributed by atoms with Crippen molar-refractivity contribution >= 4 is 17.5 Å². The van der Waals surface area contributed by atoms with Crippen molar-refractivity contribution in [3.63, 3.8) is 0 Å². The normalized spacial score (nSPS) is 19.3. The number of rotatable bonds is 2. The maximum atomic E-state index is 13.2. The Bertz CT molecular complexity index is 434. The lowest BCUT2D eigenvalue weighted by Crippen LogP contribution is -2.37. The Labute approximate surface area is 91.8 Å². The summed E-state index contributed by atoms with van der Waals surface area (Å²) in [6.07, 6.45) is 0.800. The minimum atomic E-state index is -0.549. The summed E-state index contributed by atoms with van der Waals surface area (Å²) in [4.78, 5) is 22.5. The number of para-hydroxylation sites is 1. The zero-order valence-corrected chi connectivity index (χ0v) is 8.50. The molecule has 0 aliphatic carbocycles. The van der Waals surface area contributed by atoms with Crippen LogP contribution in [-0.4, -0.2) is 17.9 Å². The van der Waals surface area contributed by atoms with Crippen molar-refractivity contribution in [1.82, 2.24) is 5.32 Å². The molecular weight excluding hydrogens is 211 g/mol. The van der Waals surface area contributed by atoms with Crippen LogP contribution < -0.4 is 10.6 Å². The molecule has 0 radical (unpaired) electrons. The minimum Gasteiger partial charge on any atom is -0.344 e. The fourth-order valence-corrected chi connectivity index (χ4v) is 1.59. The molecule has 2 N–H and O–H groups in total. The van der Waals surface area contributed by atoms with Gasteiger partial charge in [-0.1, -0.05) is 12.1 Å². The Morgan fingerprint density at radius 1 is 1.44 bits per heavy atom. The van der Waals surface area contributed by atoms with Gasteiger partial charge in [-0.2, -0.15) is 0 Å². The van der Waals surface area contributed by atoms with Crippen molar-refractivity contribution in [3.05, 3.63) is 30.1 Å². The molecular formula is C11H11FN2O2. The van der Waals surface area contributed by atoms with Crippen molar-refractivity contribution in [2.45, 2.75) is 18.9 Å². The molecule has 0 spiro atoms. The smallest absolute Gasteiger partial charge is 0.247 e. The standard InChI is InChI=1S/C11H11FN2O2/c12-7-3-1-2-4-8(7)14-11(16)9-5-6-10(15)13-9/h1-4,9H,5-6H2,(H,13,15)(H,14,16)/t9-/m1/s1. The van der Waals surface area contributed by atoms with Gasteiger partial charge in [0, 0.05) is 6.42 Å². The van der Waals surface area contributed by atoms with E-state index in [0.29, 0.717) is 12.8 Å². The van der Waals surface area contributed by atoms with E-state index < -0.39 is 11.9 Å². The molecule has 1 aliphatic rings. The van der Waals surface area contributed by atoms with E-state index in [1.165, 1.54) is 12.1 Å². The van der Waals surface area contributed by atoms with Gasteiger partial charge in [-0.3, -0.25) is 9.59 Å². The molecule has 1 saturated heterocycles. The molecule has 1 aliphatic heterocycles. The predicted octanol–water partition coefficient (Wildman–Crippen LogP) is 1.04. The maximum Gasteiger partial charge on any atom is 0.247 e. The molecule has 1 aromatic carbocycles. The lowest BCUT2D eigenvalue weighted by atomic mass is 10.2. The Morgan fingerprint density at radius 2 is 2.19 bits per heavy atom. The molecule has 0 saturated carbocycles. The van der Waals surface area contributed by atoms with E-state index >= 15 is 0 Å². The number of hydrogen-bond acceptors (Lipinski definition) is 2. The first-order chi connectivity index (χ1) is 7.66. The number of benzene rings is 1. The van der Waals surface area contributed by atoms with Crippen molar-refractivity contribution in [2.75, 3.05) is 5.32 Å². The molecule has 16 heavy (non-hydrogen) atoms. The van der Waals surface area contributed by atoms with Crippen molar-refractivity contribution < 1.29 is 14.0 Å². The van der Waals surface area contributed by atoms with Crippen molar-refractivity contribution in [2.24, 2.45) is 0 Å². The van der Waals surface area contributed by atoms with Gasteiger partial charge in [-0.05, 0) is 18.6 Å². The summed E-state index contributed by atoms with van der Waals surface area (Å²) in [5.41, 5.74) is 0.133. The molecule has 1 fully saturated rings. The summed E-state index contributed by atoms with van der Waals surface area (Å²) in [7, 11) is 0. The van der Waals surface area contributed by atoms with Crippen LogP contribution in [-0.2, 0) is 9.59 Å². The van der Waals surface area contributed by atoms with Crippen LogP contribution in [0.3, 0.4) is 0 Å². The van der Waals surface area contributed by atoms with Gasteiger partial charge in [0.25, 0.3) is 0 Å². The number of hydrogen-bond donors (Lipinski definition) is 2. The Morgan fingerprint density at radius 3 is 2.81 bits per heavy atom. The van der Waals surface area contributed by atoms with Gasteiger partial charge in [0.15, 0.2) is 0 Å². The highest BCUT2D eigenvalue weighted by Gasteiger charge is 2.27. The number of carbonyl (C=O) groups excluding carboxylic acids is 2. The van der Waals surface area contributed by atoms with Crippen LogP contribution in [0.1, 0.15) is 12.8 Å². The van der Waals surface area contributed by atoms with Crippen LogP contribution >= 0.6 is 0 Å². The SMILES string of the molecule is O=C1CC[C@H](C(=O)Nc2ccccc2F)N1. The van der Waals surface area contributed by atoms with Gasteiger partial charge in [0.2, 0.25) is 11.8 Å². The van der Waals surface area contributed by atoms with Crippen LogP contribution in [0.4, 0.5) is 10.1 Å². The van der Waals surface area contributed by atoms with E-state index in [0.717, 1.165) is 0 Å². The summed E-state index contributed by atoms with van der Waals surface area (Å²) in [6, 6.07) is 5.37. The first-order valence-corrected chi connectivity index (χ1v) is 5.01. The number of nitrogens with one attached hydrogen (secondary N) is 2. The summed E-state index contributed by atoms with van der Waals surface area (Å²) < 4.78 is 13.2. The van der Waals surface area contributed by atoms with E-state index in [-0.39, 0.29) is 17.5 Å². The van der Waals surface area contributed by atoms with Crippen LogP contribution in [0.5, 0.6) is 0 Å². The monoisotopic (exact) mass is 222 g/mol. The summed E-state index contributed by atoms with van der Waals surface area (Å²) >= 11 is 0. The molecule has 1 heterocycles. The third-order valence-electron chi connectivity index (χ3n) is 2.44. The van der Waals surface area contributed by atoms with Crippen LogP contribution in [0.15, 0.2) is 24.3 Å². The Hall–Kier alpha value is -1.91. The third-order valence-corrected chi connectivity index (χ3v) is 2.44. The van der Waals surface area contributed by atoms with Gasteiger partial charge in [-0.15, -0.1) is 0 Å². The lowest BCUT2D eigenvalue weighted by Gasteiger charge is -2.11. The quantitative estimate of drug-likeness (QED) is 0.785. The van der Waals surface area contributed by atoms with Crippen molar-refractivity contribution in [3.8, 4) is 0 Å². The second-order valence-electron chi connectivity index (χ2n) is 3.63. The Balaban J connectivity index is 2.03. The zero-order valence-electron chi connectivity index (χ0n) is 8.50. The molecule has 84 valence electrons. The number of anilines is 1. The molecule has 0 unspecified atom stereocenters. The number of carbonyl (C=O) groups is 2. The minimum absolute atomic E-state index is 0.133. The lowest BCUT2D eigenvalue weighted by molar-refractivity contribution is -0.122. The fraction of sp³-hybridized carbons (Fsp3) is 0.273. The van der Waals surface area contributed by atoms with E-state index in [1.807, 2.05) is 0 Å². The molecule has 2 rings (SSSR count). The number of amides is 2. The van der Waals surface area contributed by atoms with Crippen LogP contribution in [0, 0.1) is 5.82 Å². The summed E-state index contributed by atoms with van der Waals surface area (Å²) in [6.45, 7) is 0. The zero-order chi connectivity index (χ0) is 11.5. The molecule has 1 aromatic rings. The number of halogens is 1. The van der Waals surface area contributed by atoms with E-state index in [4.69, 9.17) is 0 Å². The molecule has 0 bridgehead atoms. The molecule has 5 heteroatoms. The summed E-state index contributed by atoms with van der Waals surface area (Å²) in [5, 5.41) is 4.96. The first kappa shape index (κ1) is 10.6. The van der Waals surface area contributed by atoms with E-state index in [9.17, 15) is 14.0 Å². The topological polar surface area (TPSA) is 58.2 Å². The molecule has 2 amide bonds. The first-order valence-electron chi connectivity index (χ1n) is 5.01. The predicted molar refractivity (Wildman–Crippen MR) is 56.2 cm³/mol. The van der Waals surface area contributed by atoms with Crippen LogP contribution in [0.25, 0.3) is 0 Å². The summed E-state index contributed by atoms with van der Waals surface area (Å²) in [5.74, 6) is -1.01. The fourth-order valence-electron chi connectivity index (χ4n) is 1.59. The largest absolute Gasteiger partial charge is 0.344 e. The Kier molecular flexibility index (Phi) is 2.85. The van der Waals surface area contributed by atoms with Crippen LogP contribution in [0.2, 0.25) is 0 Å². The second kappa shape index (κ2) is 4.30.